The second-order valence-electron chi connectivity index (χ2n) is 7.48. The highest BCUT2D eigenvalue weighted by molar-refractivity contribution is 5.88. The fourth-order valence-corrected chi connectivity index (χ4v) is 3.87. The molecule has 1 atom stereocenters. The minimum absolute atomic E-state index is 0.0878. The largest absolute Gasteiger partial charge is 0.480 e. The van der Waals surface area contributed by atoms with Crippen molar-refractivity contribution >= 4 is 18.0 Å². The lowest BCUT2D eigenvalue weighted by molar-refractivity contribution is -0.144. The Morgan fingerprint density at radius 3 is 2.26 bits per heavy atom. The molecule has 2 aromatic carbocycles. The zero-order chi connectivity index (χ0) is 22.4. The number of carbonyl (C=O) groups is 3. The first-order chi connectivity index (χ1) is 14.9. The Labute approximate surface area is 181 Å². The van der Waals surface area contributed by atoms with Gasteiger partial charge < -0.3 is 20.1 Å². The summed E-state index contributed by atoms with van der Waals surface area (Å²) in [6, 6.07) is 15.1. The van der Waals surface area contributed by atoms with Crippen LogP contribution in [-0.4, -0.2) is 54.2 Å². The normalized spacial score (nSPS) is 12.9. The monoisotopic (exact) mass is 422 g/mol. The maximum Gasteiger partial charge on any atom is 0.407 e. The van der Waals surface area contributed by atoms with Crippen molar-refractivity contribution in [2.45, 2.75) is 24.8 Å². The van der Waals surface area contributed by atoms with Crippen molar-refractivity contribution in [2.75, 3.05) is 20.2 Å². The van der Waals surface area contributed by atoms with Gasteiger partial charge in [-0.25, -0.2) is 4.79 Å². The predicted octanol–water partition coefficient (Wildman–Crippen LogP) is 3.40. The summed E-state index contributed by atoms with van der Waals surface area (Å²) in [6.45, 7) is 3.32. The van der Waals surface area contributed by atoms with Crippen LogP contribution in [0.3, 0.4) is 0 Å². The van der Waals surface area contributed by atoms with E-state index in [4.69, 9.17) is 9.84 Å². The SMILES string of the molecule is C=CCCC(NC(=O)OCC1c2ccccc2-c2ccccc21)C(=O)N(C)CC(=O)O. The molecule has 0 fully saturated rings. The van der Waals surface area contributed by atoms with Crippen molar-refractivity contribution in [3.8, 4) is 11.1 Å². The highest BCUT2D eigenvalue weighted by Gasteiger charge is 2.30. The standard InChI is InChI=1S/C24H26N2O5/c1-3-4-13-21(23(29)26(2)14-22(27)28)25-24(30)31-15-20-18-11-7-5-9-16(18)17-10-6-8-12-19(17)20/h3,5-12,20-21H,1,4,13-15H2,2H3,(H,25,30)(H,27,28). The number of allylic oxidation sites excluding steroid dienone is 1. The van der Waals surface area contributed by atoms with Gasteiger partial charge in [0.2, 0.25) is 5.91 Å². The summed E-state index contributed by atoms with van der Waals surface area (Å²) in [6.07, 6.45) is 1.71. The third kappa shape index (κ3) is 5.12. The number of rotatable bonds is 9. The van der Waals surface area contributed by atoms with E-state index in [0.717, 1.165) is 27.2 Å². The summed E-state index contributed by atoms with van der Waals surface area (Å²) < 4.78 is 5.50. The molecule has 0 radical (unpaired) electrons. The number of alkyl carbamates (subject to hydrolysis) is 1. The number of benzene rings is 2. The van der Waals surface area contributed by atoms with E-state index in [1.807, 2.05) is 36.4 Å². The van der Waals surface area contributed by atoms with Gasteiger partial charge in [-0.15, -0.1) is 6.58 Å². The summed E-state index contributed by atoms with van der Waals surface area (Å²) in [7, 11) is 1.39. The van der Waals surface area contributed by atoms with E-state index >= 15 is 0 Å². The average molecular weight is 422 g/mol. The molecule has 0 saturated heterocycles. The van der Waals surface area contributed by atoms with Crippen LogP contribution in [0, 0.1) is 0 Å². The molecule has 31 heavy (non-hydrogen) atoms. The number of carbonyl (C=O) groups excluding carboxylic acids is 2. The van der Waals surface area contributed by atoms with Gasteiger partial charge in [0.15, 0.2) is 0 Å². The maximum atomic E-state index is 12.6. The number of nitrogens with one attached hydrogen (secondary N) is 1. The Hall–Kier alpha value is -3.61. The van der Waals surface area contributed by atoms with Crippen LogP contribution in [0.15, 0.2) is 61.2 Å². The predicted molar refractivity (Wildman–Crippen MR) is 117 cm³/mol. The molecular formula is C24H26N2O5. The molecule has 1 unspecified atom stereocenters. The van der Waals surface area contributed by atoms with Gasteiger partial charge in [0.1, 0.15) is 19.2 Å². The molecule has 0 spiro atoms. The number of nitrogens with zero attached hydrogens (tertiary/aromatic N) is 1. The van der Waals surface area contributed by atoms with Crippen molar-refractivity contribution in [2.24, 2.45) is 0 Å². The number of fused-ring (bicyclic) bond motifs is 3. The molecule has 0 aromatic heterocycles. The molecule has 0 saturated carbocycles. The number of hydrogen-bond acceptors (Lipinski definition) is 4. The van der Waals surface area contributed by atoms with Crippen LogP contribution < -0.4 is 5.32 Å². The lowest BCUT2D eigenvalue weighted by atomic mass is 9.98. The van der Waals surface area contributed by atoms with Gasteiger partial charge in [0.05, 0.1) is 0 Å². The molecular weight excluding hydrogens is 396 g/mol. The van der Waals surface area contributed by atoms with E-state index in [9.17, 15) is 14.4 Å². The van der Waals surface area contributed by atoms with Gasteiger partial charge in [-0.3, -0.25) is 9.59 Å². The Bertz CT molecular complexity index is 942. The summed E-state index contributed by atoms with van der Waals surface area (Å²) in [5, 5.41) is 11.5. The second kappa shape index (κ2) is 9.93. The highest BCUT2D eigenvalue weighted by Crippen LogP contribution is 2.44. The minimum atomic E-state index is -1.13. The van der Waals surface area contributed by atoms with Crippen LogP contribution in [0.2, 0.25) is 0 Å². The topological polar surface area (TPSA) is 95.9 Å². The van der Waals surface area contributed by atoms with Gasteiger partial charge in [-0.05, 0) is 35.1 Å². The summed E-state index contributed by atoms with van der Waals surface area (Å²) >= 11 is 0. The smallest absolute Gasteiger partial charge is 0.407 e. The van der Waals surface area contributed by atoms with Crippen LogP contribution in [0.25, 0.3) is 11.1 Å². The molecule has 7 heteroatoms. The molecule has 0 aliphatic heterocycles. The third-order valence-corrected chi connectivity index (χ3v) is 5.34. The van der Waals surface area contributed by atoms with E-state index < -0.39 is 30.6 Å². The number of carboxylic acids is 1. The Morgan fingerprint density at radius 1 is 1.13 bits per heavy atom. The van der Waals surface area contributed by atoms with Gasteiger partial charge in [-0.1, -0.05) is 54.6 Å². The molecule has 2 N–H and O–H groups in total. The van der Waals surface area contributed by atoms with Crippen molar-refractivity contribution in [1.29, 1.82) is 0 Å². The zero-order valence-corrected chi connectivity index (χ0v) is 17.4. The number of hydrogen-bond donors (Lipinski definition) is 2. The summed E-state index contributed by atoms with van der Waals surface area (Å²) in [5.41, 5.74) is 4.44. The zero-order valence-electron chi connectivity index (χ0n) is 17.4. The molecule has 1 aliphatic rings. The first kappa shape index (κ1) is 22.1. The minimum Gasteiger partial charge on any atom is -0.480 e. The fraction of sp³-hybridized carbons (Fsp3) is 0.292. The highest BCUT2D eigenvalue weighted by atomic mass is 16.5. The first-order valence-electron chi connectivity index (χ1n) is 10.1. The molecule has 1 aliphatic carbocycles. The summed E-state index contributed by atoms with van der Waals surface area (Å²) in [4.78, 5) is 37.0. The van der Waals surface area contributed by atoms with Crippen molar-refractivity contribution in [1.82, 2.24) is 10.2 Å². The molecule has 7 nitrogen and oxygen atoms in total. The Kier molecular flexibility index (Phi) is 7.07. The molecule has 162 valence electrons. The maximum absolute atomic E-state index is 12.6. The van der Waals surface area contributed by atoms with Crippen molar-refractivity contribution in [3.63, 3.8) is 0 Å². The lowest BCUT2D eigenvalue weighted by Crippen LogP contribution is -2.48. The summed E-state index contributed by atoms with van der Waals surface area (Å²) in [5.74, 6) is -1.70. The number of ether oxygens (including phenoxy) is 1. The van der Waals surface area contributed by atoms with E-state index in [1.165, 1.54) is 7.05 Å². The lowest BCUT2D eigenvalue weighted by Gasteiger charge is -2.23. The van der Waals surface area contributed by atoms with Crippen molar-refractivity contribution < 1.29 is 24.2 Å². The van der Waals surface area contributed by atoms with Crippen LogP contribution in [0.4, 0.5) is 4.79 Å². The molecule has 2 amide bonds. The van der Waals surface area contributed by atoms with E-state index in [0.29, 0.717) is 12.8 Å². The number of carboxylic acid groups (broad SMARTS) is 1. The van der Waals surface area contributed by atoms with Crippen LogP contribution in [0.5, 0.6) is 0 Å². The molecule has 2 aromatic rings. The Balaban J connectivity index is 1.67. The van der Waals surface area contributed by atoms with Crippen LogP contribution in [-0.2, 0) is 14.3 Å². The molecule has 3 rings (SSSR count). The second-order valence-corrected chi connectivity index (χ2v) is 7.48. The Morgan fingerprint density at radius 2 is 1.71 bits per heavy atom. The van der Waals surface area contributed by atoms with E-state index in [2.05, 4.69) is 24.0 Å². The van der Waals surface area contributed by atoms with Gasteiger partial charge in [-0.2, -0.15) is 0 Å². The first-order valence-corrected chi connectivity index (χ1v) is 10.1. The van der Waals surface area contributed by atoms with Gasteiger partial charge >= 0.3 is 12.1 Å². The van der Waals surface area contributed by atoms with Crippen LogP contribution in [0.1, 0.15) is 29.9 Å². The number of amides is 2. The average Bonchev–Trinajstić information content (AvgIpc) is 3.08. The number of likely N-dealkylation sites (N-methyl/N-ethyl adjacent to an activating group) is 1. The molecule has 0 heterocycles. The molecule has 0 bridgehead atoms. The quantitative estimate of drug-likeness (QED) is 0.604. The van der Waals surface area contributed by atoms with Gasteiger partial charge in [0.25, 0.3) is 0 Å². The van der Waals surface area contributed by atoms with Gasteiger partial charge in [0, 0.05) is 13.0 Å². The fourth-order valence-electron chi connectivity index (χ4n) is 3.87. The van der Waals surface area contributed by atoms with E-state index in [-0.39, 0.29) is 12.5 Å². The third-order valence-electron chi connectivity index (χ3n) is 5.34. The number of aliphatic carboxylic acids is 1. The van der Waals surface area contributed by atoms with Crippen molar-refractivity contribution in [3.05, 3.63) is 72.3 Å². The van der Waals surface area contributed by atoms with E-state index in [1.54, 1.807) is 6.08 Å². The van der Waals surface area contributed by atoms with Crippen LogP contribution >= 0.6 is 0 Å².